The highest BCUT2D eigenvalue weighted by molar-refractivity contribution is 5.69. The fourth-order valence-corrected chi connectivity index (χ4v) is 4.68. The van der Waals surface area contributed by atoms with Crippen molar-refractivity contribution in [3.05, 3.63) is 35.4 Å². The first-order valence-corrected chi connectivity index (χ1v) is 9.89. The van der Waals surface area contributed by atoms with Crippen molar-refractivity contribution in [3.8, 4) is 0 Å². The Hall–Kier alpha value is -1.51. The molecule has 1 unspecified atom stereocenters. The molecule has 136 valence electrons. The van der Waals surface area contributed by atoms with Gasteiger partial charge in [-0.15, -0.1) is 0 Å². The summed E-state index contributed by atoms with van der Waals surface area (Å²) in [6.45, 7) is 7.57. The Morgan fingerprint density at radius 2 is 1.84 bits per heavy atom. The molecule has 1 amide bonds. The number of carbonyl (C=O) groups is 1. The van der Waals surface area contributed by atoms with E-state index < -0.39 is 5.60 Å². The molecule has 0 bridgehead atoms. The van der Waals surface area contributed by atoms with E-state index in [1.54, 1.807) is 0 Å². The van der Waals surface area contributed by atoms with Gasteiger partial charge in [0.05, 0.1) is 0 Å². The molecule has 25 heavy (non-hydrogen) atoms. The van der Waals surface area contributed by atoms with Crippen LogP contribution in [0.3, 0.4) is 0 Å². The average Bonchev–Trinajstić information content (AvgIpc) is 3.25. The summed E-state index contributed by atoms with van der Waals surface area (Å²) < 4.78 is 5.49. The minimum atomic E-state index is -0.398. The minimum Gasteiger partial charge on any atom is -0.444 e. The van der Waals surface area contributed by atoms with E-state index in [0.717, 1.165) is 24.9 Å². The number of benzene rings is 1. The maximum Gasteiger partial charge on any atom is 0.410 e. The van der Waals surface area contributed by atoms with Crippen LogP contribution in [0.25, 0.3) is 0 Å². The van der Waals surface area contributed by atoms with Crippen LogP contribution in [0.4, 0.5) is 4.79 Å². The summed E-state index contributed by atoms with van der Waals surface area (Å²) in [7, 11) is 0. The number of hydrogen-bond donors (Lipinski definition) is 0. The van der Waals surface area contributed by atoms with Gasteiger partial charge in [-0.2, -0.15) is 0 Å². The van der Waals surface area contributed by atoms with Crippen molar-refractivity contribution in [1.82, 2.24) is 4.90 Å². The molecule has 0 radical (unpaired) electrons. The van der Waals surface area contributed by atoms with Gasteiger partial charge in [-0.05, 0) is 82.3 Å². The van der Waals surface area contributed by atoms with E-state index in [4.69, 9.17) is 4.74 Å². The average molecular weight is 341 g/mol. The molecule has 3 nitrogen and oxygen atoms in total. The Labute approximate surface area is 151 Å². The number of nitrogens with zero attached hydrogens (tertiary/aromatic N) is 1. The van der Waals surface area contributed by atoms with E-state index in [9.17, 15) is 4.79 Å². The first-order valence-electron chi connectivity index (χ1n) is 9.89. The molecular formula is C22H31NO2. The van der Waals surface area contributed by atoms with Gasteiger partial charge in [0.25, 0.3) is 0 Å². The van der Waals surface area contributed by atoms with Crippen LogP contribution in [-0.4, -0.2) is 29.7 Å². The van der Waals surface area contributed by atoms with Gasteiger partial charge in [0.15, 0.2) is 0 Å². The van der Waals surface area contributed by atoms with Crippen LogP contribution < -0.4 is 0 Å². The highest BCUT2D eigenvalue weighted by Gasteiger charge is 2.50. The molecule has 3 fully saturated rings. The molecule has 1 aromatic rings. The lowest BCUT2D eigenvalue weighted by molar-refractivity contribution is -0.0332. The number of ether oxygens (including phenoxy) is 1. The molecule has 4 rings (SSSR count). The molecule has 1 atom stereocenters. The summed E-state index contributed by atoms with van der Waals surface area (Å²) in [6, 6.07) is 9.36. The molecule has 3 heteroatoms. The van der Waals surface area contributed by atoms with Gasteiger partial charge in [0.2, 0.25) is 0 Å². The lowest BCUT2D eigenvalue weighted by atomic mass is 9.77. The summed E-state index contributed by atoms with van der Waals surface area (Å²) in [5.74, 6) is 1.62. The first-order chi connectivity index (χ1) is 11.8. The van der Waals surface area contributed by atoms with Crippen molar-refractivity contribution in [3.63, 3.8) is 0 Å². The van der Waals surface area contributed by atoms with Crippen LogP contribution in [0, 0.1) is 11.3 Å². The van der Waals surface area contributed by atoms with Gasteiger partial charge >= 0.3 is 6.09 Å². The maximum atomic E-state index is 12.1. The van der Waals surface area contributed by atoms with Crippen LogP contribution in [0.15, 0.2) is 24.3 Å². The van der Waals surface area contributed by atoms with E-state index in [0.29, 0.717) is 5.41 Å². The fourth-order valence-electron chi connectivity index (χ4n) is 4.68. The molecule has 3 aliphatic rings. The number of rotatable bonds is 3. The first kappa shape index (κ1) is 16.9. The molecule has 1 aromatic carbocycles. The normalized spacial score (nSPS) is 25.1. The molecule has 1 spiro atoms. The monoisotopic (exact) mass is 341 g/mol. The number of amides is 1. The van der Waals surface area contributed by atoms with E-state index in [-0.39, 0.29) is 6.09 Å². The van der Waals surface area contributed by atoms with E-state index >= 15 is 0 Å². The van der Waals surface area contributed by atoms with E-state index in [1.165, 1.54) is 49.7 Å². The fraction of sp³-hybridized carbons (Fsp3) is 0.682. The van der Waals surface area contributed by atoms with Crippen LogP contribution in [-0.2, 0) is 11.2 Å². The summed E-state index contributed by atoms with van der Waals surface area (Å²) >= 11 is 0. The summed E-state index contributed by atoms with van der Waals surface area (Å²) in [6.07, 6.45) is 7.62. The van der Waals surface area contributed by atoms with Crippen LogP contribution in [0.2, 0.25) is 0 Å². The van der Waals surface area contributed by atoms with Crippen molar-refractivity contribution < 1.29 is 9.53 Å². The highest BCUT2D eigenvalue weighted by atomic mass is 16.6. The summed E-state index contributed by atoms with van der Waals surface area (Å²) in [4.78, 5) is 14.0. The molecule has 2 aliphatic carbocycles. The van der Waals surface area contributed by atoms with Crippen LogP contribution in [0.1, 0.15) is 69.9 Å². The van der Waals surface area contributed by atoms with E-state index in [2.05, 4.69) is 24.3 Å². The van der Waals surface area contributed by atoms with Gasteiger partial charge in [-0.25, -0.2) is 4.79 Å². The highest BCUT2D eigenvalue weighted by Crippen LogP contribution is 2.49. The number of likely N-dealkylation sites (tertiary alicyclic amines) is 1. The molecule has 1 heterocycles. The Morgan fingerprint density at radius 1 is 1.16 bits per heavy atom. The van der Waals surface area contributed by atoms with Crippen LogP contribution >= 0.6 is 0 Å². The number of carbonyl (C=O) groups excluding carboxylic acids is 1. The SMILES string of the molecule is CC(C)(C)OC(=O)N1CC2(CCC(Cc3ccc(C4CC4)cc3)C2)C1. The zero-order valence-electron chi connectivity index (χ0n) is 15.9. The molecule has 0 N–H and O–H groups in total. The van der Waals surface area contributed by atoms with Crippen molar-refractivity contribution >= 4 is 6.09 Å². The second-order valence-electron chi connectivity index (χ2n) is 9.67. The number of hydrogen-bond acceptors (Lipinski definition) is 2. The van der Waals surface area contributed by atoms with Crippen molar-refractivity contribution in [2.24, 2.45) is 11.3 Å². The Kier molecular flexibility index (Phi) is 4.09. The van der Waals surface area contributed by atoms with Crippen molar-refractivity contribution in [2.75, 3.05) is 13.1 Å². The Morgan fingerprint density at radius 3 is 2.44 bits per heavy atom. The zero-order chi connectivity index (χ0) is 17.7. The second-order valence-corrected chi connectivity index (χ2v) is 9.67. The lowest BCUT2D eigenvalue weighted by Gasteiger charge is -2.48. The van der Waals surface area contributed by atoms with Gasteiger partial charge < -0.3 is 9.64 Å². The minimum absolute atomic E-state index is 0.141. The summed E-state index contributed by atoms with van der Waals surface area (Å²) in [5.41, 5.74) is 2.98. The van der Waals surface area contributed by atoms with Crippen LogP contribution in [0.5, 0.6) is 0 Å². The third kappa shape index (κ3) is 3.86. The van der Waals surface area contributed by atoms with Crippen molar-refractivity contribution in [2.45, 2.75) is 70.8 Å². The van der Waals surface area contributed by atoms with E-state index in [1.807, 2.05) is 25.7 Å². The Bertz CT molecular complexity index is 633. The molecule has 2 saturated carbocycles. The predicted octanol–water partition coefficient (Wildman–Crippen LogP) is 5.14. The van der Waals surface area contributed by atoms with Gasteiger partial charge in [0, 0.05) is 18.5 Å². The predicted molar refractivity (Wildman–Crippen MR) is 99.7 cm³/mol. The largest absolute Gasteiger partial charge is 0.444 e. The quantitative estimate of drug-likeness (QED) is 0.761. The molecular weight excluding hydrogens is 310 g/mol. The van der Waals surface area contributed by atoms with Gasteiger partial charge in [-0.3, -0.25) is 0 Å². The van der Waals surface area contributed by atoms with Crippen molar-refractivity contribution in [1.29, 1.82) is 0 Å². The van der Waals surface area contributed by atoms with Gasteiger partial charge in [-0.1, -0.05) is 24.3 Å². The molecule has 1 saturated heterocycles. The second kappa shape index (κ2) is 6.03. The smallest absolute Gasteiger partial charge is 0.410 e. The van der Waals surface area contributed by atoms with Gasteiger partial charge in [0.1, 0.15) is 5.60 Å². The third-order valence-electron chi connectivity index (χ3n) is 6.06. The molecule has 0 aromatic heterocycles. The Balaban J connectivity index is 1.27. The molecule has 1 aliphatic heterocycles. The topological polar surface area (TPSA) is 29.5 Å². The standard InChI is InChI=1S/C22H31NO2/c1-21(2,3)25-20(24)23-14-22(15-23)11-10-17(13-22)12-16-4-6-18(7-5-16)19-8-9-19/h4-7,17,19H,8-15H2,1-3H3. The summed E-state index contributed by atoms with van der Waals surface area (Å²) in [5, 5.41) is 0. The maximum absolute atomic E-state index is 12.1. The third-order valence-corrected chi connectivity index (χ3v) is 6.06. The zero-order valence-corrected chi connectivity index (χ0v) is 15.9. The lowest BCUT2D eigenvalue weighted by Crippen LogP contribution is -2.58.